The van der Waals surface area contributed by atoms with Crippen LogP contribution in [0.4, 0.5) is 11.4 Å². The summed E-state index contributed by atoms with van der Waals surface area (Å²) in [6.45, 7) is 0. The van der Waals surface area contributed by atoms with Gasteiger partial charge in [-0.3, -0.25) is 19.4 Å². The van der Waals surface area contributed by atoms with E-state index >= 15 is 0 Å². The minimum Gasteiger partial charge on any atom is -0.465 e. The second-order valence-corrected chi connectivity index (χ2v) is 6.17. The van der Waals surface area contributed by atoms with Crippen LogP contribution in [0.3, 0.4) is 0 Å². The highest BCUT2D eigenvalue weighted by atomic mass is 32.1. The maximum absolute atomic E-state index is 13.1. The lowest BCUT2D eigenvalue weighted by atomic mass is 10.1. The molecule has 1 fully saturated rings. The molecule has 5 nitrogen and oxygen atoms in total. The van der Waals surface area contributed by atoms with E-state index in [1.165, 1.54) is 22.1 Å². The van der Waals surface area contributed by atoms with E-state index in [1.54, 1.807) is 36.4 Å². The Balaban J connectivity index is 1.87. The van der Waals surface area contributed by atoms with Crippen LogP contribution < -0.4 is 9.80 Å². The Kier molecular flexibility index (Phi) is 4.40. The minimum absolute atomic E-state index is 0.0220. The summed E-state index contributed by atoms with van der Waals surface area (Å²) in [5, 5.41) is 0.110. The second kappa shape index (κ2) is 7.01. The number of hydrogen-bond donors (Lipinski definition) is 0. The van der Waals surface area contributed by atoms with Crippen molar-refractivity contribution in [3.8, 4) is 0 Å². The molecule has 0 atom stereocenters. The van der Waals surface area contributed by atoms with Gasteiger partial charge in [-0.05, 0) is 54.7 Å². The molecule has 0 N–H and O–H groups in total. The minimum atomic E-state index is -0.486. The summed E-state index contributed by atoms with van der Waals surface area (Å²) >= 11 is 5.53. The quantitative estimate of drug-likeness (QED) is 0.395. The van der Waals surface area contributed by atoms with Gasteiger partial charge in [0.2, 0.25) is 0 Å². The standard InChI is InChI=1S/C21H14N2O3S/c24-19-18(14-17-12-7-13-26-17)20(25)23(16-10-5-2-6-11-16)21(27)22(19)15-8-3-1-4-9-15/h1-14H. The molecule has 2 amide bonds. The number of rotatable bonds is 3. The summed E-state index contributed by atoms with van der Waals surface area (Å²) in [5.74, 6) is -0.555. The highest BCUT2D eigenvalue weighted by Gasteiger charge is 2.41. The van der Waals surface area contributed by atoms with Crippen molar-refractivity contribution in [2.75, 3.05) is 9.80 Å². The predicted octanol–water partition coefficient (Wildman–Crippen LogP) is 4.03. The zero-order valence-corrected chi connectivity index (χ0v) is 14.9. The van der Waals surface area contributed by atoms with Gasteiger partial charge in [-0.15, -0.1) is 0 Å². The Bertz CT molecular complexity index is 964. The van der Waals surface area contributed by atoms with Crippen LogP contribution in [0.1, 0.15) is 5.76 Å². The van der Waals surface area contributed by atoms with Gasteiger partial charge in [-0.1, -0.05) is 36.4 Å². The Labute approximate surface area is 161 Å². The third-order valence-corrected chi connectivity index (χ3v) is 4.47. The summed E-state index contributed by atoms with van der Waals surface area (Å²) in [6.07, 6.45) is 2.93. The largest absolute Gasteiger partial charge is 0.465 e. The van der Waals surface area contributed by atoms with Crippen molar-refractivity contribution in [2.24, 2.45) is 0 Å². The molecule has 0 bridgehead atoms. The van der Waals surface area contributed by atoms with E-state index in [9.17, 15) is 9.59 Å². The number of benzene rings is 2. The topological polar surface area (TPSA) is 53.8 Å². The monoisotopic (exact) mass is 374 g/mol. The van der Waals surface area contributed by atoms with Crippen LogP contribution in [-0.2, 0) is 9.59 Å². The van der Waals surface area contributed by atoms with Crippen LogP contribution in [0.15, 0.2) is 89.0 Å². The predicted molar refractivity (Wildman–Crippen MR) is 107 cm³/mol. The molecular weight excluding hydrogens is 360 g/mol. The van der Waals surface area contributed by atoms with Gasteiger partial charge in [0.1, 0.15) is 11.3 Å². The number of carbonyl (C=O) groups is 2. The van der Waals surface area contributed by atoms with Crippen molar-refractivity contribution < 1.29 is 14.0 Å². The summed E-state index contributed by atoms with van der Waals surface area (Å²) in [5.41, 5.74) is 1.16. The first-order valence-electron chi connectivity index (χ1n) is 8.25. The summed E-state index contributed by atoms with van der Waals surface area (Å²) in [6, 6.07) is 21.4. The average Bonchev–Trinajstić information content (AvgIpc) is 3.20. The summed E-state index contributed by atoms with van der Waals surface area (Å²) in [7, 11) is 0. The van der Waals surface area contributed by atoms with Gasteiger partial charge in [0.15, 0.2) is 5.11 Å². The molecule has 1 saturated heterocycles. The third-order valence-electron chi connectivity index (χ3n) is 4.11. The molecule has 132 valence electrons. The number of amides is 2. The number of thiocarbonyl (C=S) groups is 1. The summed E-state index contributed by atoms with van der Waals surface area (Å²) < 4.78 is 5.29. The molecule has 1 aliphatic heterocycles. The molecule has 1 aromatic heterocycles. The van der Waals surface area contributed by atoms with Gasteiger partial charge in [0, 0.05) is 0 Å². The molecule has 2 aromatic carbocycles. The summed E-state index contributed by atoms with van der Waals surface area (Å²) in [4.78, 5) is 29.0. The molecule has 1 aliphatic rings. The van der Waals surface area contributed by atoms with Crippen LogP contribution in [0.2, 0.25) is 0 Å². The Hall–Kier alpha value is -3.51. The number of para-hydroxylation sites is 2. The zero-order valence-electron chi connectivity index (χ0n) is 14.1. The van der Waals surface area contributed by atoms with Crippen LogP contribution in [-0.4, -0.2) is 16.9 Å². The van der Waals surface area contributed by atoms with Gasteiger partial charge in [-0.25, -0.2) is 0 Å². The van der Waals surface area contributed by atoms with Gasteiger partial charge in [0.05, 0.1) is 17.6 Å². The average molecular weight is 374 g/mol. The van der Waals surface area contributed by atoms with Crippen molar-refractivity contribution in [1.29, 1.82) is 0 Å². The van der Waals surface area contributed by atoms with Crippen molar-refractivity contribution in [1.82, 2.24) is 0 Å². The fraction of sp³-hybridized carbons (Fsp3) is 0. The lowest BCUT2D eigenvalue weighted by molar-refractivity contribution is -0.120. The zero-order chi connectivity index (χ0) is 18.8. The number of carbonyl (C=O) groups excluding carboxylic acids is 2. The lowest BCUT2D eigenvalue weighted by Gasteiger charge is -2.36. The van der Waals surface area contributed by atoms with E-state index < -0.39 is 11.8 Å². The maximum Gasteiger partial charge on any atom is 0.270 e. The van der Waals surface area contributed by atoms with Gasteiger partial charge in [0.25, 0.3) is 11.8 Å². The van der Waals surface area contributed by atoms with Gasteiger partial charge >= 0.3 is 0 Å². The molecule has 0 unspecified atom stereocenters. The first-order valence-corrected chi connectivity index (χ1v) is 8.66. The van der Waals surface area contributed by atoms with Gasteiger partial charge < -0.3 is 4.42 Å². The van der Waals surface area contributed by atoms with Crippen LogP contribution in [0.5, 0.6) is 0 Å². The fourth-order valence-corrected chi connectivity index (χ4v) is 3.23. The van der Waals surface area contributed by atoms with E-state index in [4.69, 9.17) is 16.6 Å². The number of nitrogens with zero attached hydrogens (tertiary/aromatic N) is 2. The van der Waals surface area contributed by atoms with E-state index in [-0.39, 0.29) is 10.7 Å². The first kappa shape index (κ1) is 16.9. The third kappa shape index (κ3) is 3.07. The molecule has 27 heavy (non-hydrogen) atoms. The fourth-order valence-electron chi connectivity index (χ4n) is 2.85. The van der Waals surface area contributed by atoms with Gasteiger partial charge in [-0.2, -0.15) is 0 Å². The molecule has 6 heteroatoms. The highest BCUT2D eigenvalue weighted by molar-refractivity contribution is 7.81. The Morgan fingerprint density at radius 2 is 1.26 bits per heavy atom. The molecule has 0 spiro atoms. The van der Waals surface area contributed by atoms with E-state index in [2.05, 4.69) is 0 Å². The molecular formula is C21H14N2O3S. The lowest BCUT2D eigenvalue weighted by Crippen LogP contribution is -2.56. The van der Waals surface area contributed by atoms with Crippen LogP contribution in [0, 0.1) is 0 Å². The molecule has 3 aromatic rings. The maximum atomic E-state index is 13.1. The SMILES string of the molecule is O=C1C(=Cc2ccco2)C(=O)N(c2ccccc2)C(=S)N1c1ccccc1. The molecule has 0 aliphatic carbocycles. The number of furan rings is 1. The van der Waals surface area contributed by atoms with Crippen LogP contribution in [0.25, 0.3) is 6.08 Å². The highest BCUT2D eigenvalue weighted by Crippen LogP contribution is 2.29. The van der Waals surface area contributed by atoms with Crippen molar-refractivity contribution in [3.63, 3.8) is 0 Å². The Morgan fingerprint density at radius 3 is 1.70 bits per heavy atom. The smallest absolute Gasteiger partial charge is 0.270 e. The molecule has 4 rings (SSSR count). The number of hydrogen-bond acceptors (Lipinski definition) is 4. The van der Waals surface area contributed by atoms with Crippen LogP contribution >= 0.6 is 12.2 Å². The normalized spacial score (nSPS) is 14.7. The number of anilines is 2. The molecule has 2 heterocycles. The van der Waals surface area contributed by atoms with E-state index in [1.807, 2.05) is 36.4 Å². The van der Waals surface area contributed by atoms with E-state index in [0.29, 0.717) is 17.1 Å². The Morgan fingerprint density at radius 1 is 0.741 bits per heavy atom. The molecule has 0 saturated carbocycles. The van der Waals surface area contributed by atoms with Crippen molar-refractivity contribution >= 4 is 46.6 Å². The second-order valence-electron chi connectivity index (χ2n) is 5.81. The molecule has 0 radical (unpaired) electrons. The first-order chi connectivity index (χ1) is 13.2. The van der Waals surface area contributed by atoms with Crippen molar-refractivity contribution in [2.45, 2.75) is 0 Å². The van der Waals surface area contributed by atoms with Crippen molar-refractivity contribution in [3.05, 3.63) is 90.4 Å². The van der Waals surface area contributed by atoms with E-state index in [0.717, 1.165) is 0 Å².